The molecule has 0 unspecified atom stereocenters. The van der Waals surface area contributed by atoms with E-state index in [1.165, 1.54) is 30.5 Å². The second-order valence-corrected chi connectivity index (χ2v) is 6.20. The van der Waals surface area contributed by atoms with E-state index in [9.17, 15) is 4.79 Å². The molecule has 0 radical (unpaired) electrons. The fourth-order valence-electron chi connectivity index (χ4n) is 3.29. The molecule has 0 saturated heterocycles. The Balaban J connectivity index is 1.62. The summed E-state index contributed by atoms with van der Waals surface area (Å²) in [5.74, 6) is 0.539. The van der Waals surface area contributed by atoms with E-state index in [1.54, 1.807) is 18.5 Å². The van der Waals surface area contributed by atoms with Crippen molar-refractivity contribution in [3.05, 3.63) is 53.4 Å². The van der Waals surface area contributed by atoms with Crippen LogP contribution in [0.1, 0.15) is 53.1 Å². The van der Waals surface area contributed by atoms with Crippen molar-refractivity contribution in [2.45, 2.75) is 45.1 Å². The first-order chi connectivity index (χ1) is 11.8. The highest BCUT2D eigenvalue weighted by Crippen LogP contribution is 2.21. The van der Waals surface area contributed by atoms with Gasteiger partial charge in [-0.15, -0.1) is 0 Å². The van der Waals surface area contributed by atoms with E-state index in [1.807, 2.05) is 16.8 Å². The second-order valence-electron chi connectivity index (χ2n) is 6.20. The zero-order valence-electron chi connectivity index (χ0n) is 13.5. The highest BCUT2D eigenvalue weighted by Gasteiger charge is 2.18. The van der Waals surface area contributed by atoms with Crippen LogP contribution in [0, 0.1) is 0 Å². The van der Waals surface area contributed by atoms with Crippen molar-refractivity contribution in [3.8, 4) is 0 Å². The molecule has 1 N–H and O–H groups in total. The quantitative estimate of drug-likeness (QED) is 0.804. The number of hydrogen-bond donors (Lipinski definition) is 1. The summed E-state index contributed by atoms with van der Waals surface area (Å²) in [4.78, 5) is 17.0. The van der Waals surface area contributed by atoms with Crippen molar-refractivity contribution in [1.29, 1.82) is 0 Å². The van der Waals surface area contributed by atoms with Crippen molar-refractivity contribution in [2.75, 3.05) is 0 Å². The molecular weight excluding hydrogens is 304 g/mol. The number of hydrogen-bond acceptors (Lipinski definition) is 4. The number of nitrogens with one attached hydrogen (secondary N) is 1. The Bertz CT molecular complexity index is 851. The average Bonchev–Trinajstić information content (AvgIpc) is 3.22. The Morgan fingerprint density at radius 1 is 1.21 bits per heavy atom. The van der Waals surface area contributed by atoms with Crippen LogP contribution in [-0.4, -0.2) is 20.5 Å². The van der Waals surface area contributed by atoms with E-state index in [0.29, 0.717) is 17.8 Å². The normalized spacial score (nSPS) is 14.8. The lowest BCUT2D eigenvalue weighted by Gasteiger charge is -2.14. The fraction of sp³-hybridized carbons (Fsp3) is 0.389. The van der Waals surface area contributed by atoms with Gasteiger partial charge in [0.2, 0.25) is 0 Å². The molecule has 0 atom stereocenters. The van der Waals surface area contributed by atoms with E-state index >= 15 is 0 Å². The molecule has 4 rings (SSSR count). The fourth-order valence-corrected chi connectivity index (χ4v) is 3.29. The van der Waals surface area contributed by atoms with E-state index in [-0.39, 0.29) is 5.91 Å². The van der Waals surface area contributed by atoms with Gasteiger partial charge in [-0.25, -0.2) is 9.50 Å². The Morgan fingerprint density at radius 3 is 2.92 bits per heavy atom. The molecule has 1 amide bonds. The Hall–Kier alpha value is -2.63. The molecular formula is C18H20N4O2. The van der Waals surface area contributed by atoms with Gasteiger partial charge >= 0.3 is 0 Å². The molecule has 1 aliphatic carbocycles. The molecule has 1 aliphatic rings. The van der Waals surface area contributed by atoms with Gasteiger partial charge in [-0.2, -0.15) is 5.10 Å². The van der Waals surface area contributed by atoms with Crippen molar-refractivity contribution in [3.63, 3.8) is 0 Å². The van der Waals surface area contributed by atoms with E-state index < -0.39 is 0 Å². The van der Waals surface area contributed by atoms with Crippen molar-refractivity contribution < 1.29 is 9.21 Å². The van der Waals surface area contributed by atoms with Gasteiger partial charge in [-0.1, -0.05) is 12.8 Å². The molecule has 24 heavy (non-hydrogen) atoms. The van der Waals surface area contributed by atoms with E-state index in [0.717, 1.165) is 25.0 Å². The van der Waals surface area contributed by atoms with Crippen LogP contribution in [0.15, 0.2) is 35.2 Å². The van der Waals surface area contributed by atoms with Crippen LogP contribution < -0.4 is 5.32 Å². The van der Waals surface area contributed by atoms with E-state index in [4.69, 9.17) is 4.42 Å². The van der Waals surface area contributed by atoms with Gasteiger partial charge in [0.1, 0.15) is 11.3 Å². The zero-order chi connectivity index (χ0) is 16.4. The lowest BCUT2D eigenvalue weighted by molar-refractivity contribution is 0.0949. The summed E-state index contributed by atoms with van der Waals surface area (Å²) in [5, 5.41) is 7.30. The summed E-state index contributed by atoms with van der Waals surface area (Å²) in [6, 6.07) is 3.63. The Morgan fingerprint density at radius 2 is 2.08 bits per heavy atom. The molecule has 3 heterocycles. The predicted octanol–water partition coefficient (Wildman–Crippen LogP) is 2.91. The van der Waals surface area contributed by atoms with Crippen LogP contribution >= 0.6 is 0 Å². The summed E-state index contributed by atoms with van der Waals surface area (Å²) in [5.41, 5.74) is 3.59. The van der Waals surface area contributed by atoms with Crippen LogP contribution in [0.3, 0.4) is 0 Å². The number of carbonyl (C=O) groups excluding carboxylic acids is 1. The topological polar surface area (TPSA) is 72.4 Å². The van der Waals surface area contributed by atoms with Gasteiger partial charge in [-0.3, -0.25) is 4.79 Å². The summed E-state index contributed by atoms with van der Waals surface area (Å²) < 4.78 is 7.09. The standard InChI is InChI=1S/C18H20N4O2/c23-18(20-11-14-7-5-9-24-14)15-12-21-22-16-8-4-2-1-3-6-13(16)10-19-17(15)22/h5,7,9-10,12H,1-4,6,8,11H2,(H,20,23). The number of nitrogens with zero attached hydrogens (tertiary/aromatic N) is 3. The molecule has 6 nitrogen and oxygen atoms in total. The monoisotopic (exact) mass is 324 g/mol. The van der Waals surface area contributed by atoms with Gasteiger partial charge < -0.3 is 9.73 Å². The molecule has 0 saturated carbocycles. The molecule has 0 spiro atoms. The molecule has 3 aromatic heterocycles. The summed E-state index contributed by atoms with van der Waals surface area (Å²) >= 11 is 0. The average molecular weight is 324 g/mol. The summed E-state index contributed by atoms with van der Waals surface area (Å²) in [7, 11) is 0. The number of amides is 1. The lowest BCUT2D eigenvalue weighted by atomic mass is 9.98. The van der Waals surface area contributed by atoms with E-state index in [2.05, 4.69) is 15.4 Å². The molecule has 0 aromatic carbocycles. The van der Waals surface area contributed by atoms with Crippen molar-refractivity contribution in [1.82, 2.24) is 19.9 Å². The Labute approximate surface area is 139 Å². The Kier molecular flexibility index (Phi) is 4.02. The van der Waals surface area contributed by atoms with Crippen LogP contribution in [-0.2, 0) is 19.4 Å². The van der Waals surface area contributed by atoms with Crippen LogP contribution in [0.5, 0.6) is 0 Å². The SMILES string of the molecule is O=C(NCc1ccco1)c1cnn2c3c(cnc12)CCCCCC3. The first kappa shape index (κ1) is 14.9. The summed E-state index contributed by atoms with van der Waals surface area (Å²) in [6.45, 7) is 0.355. The van der Waals surface area contributed by atoms with Gasteiger partial charge in [0.25, 0.3) is 5.91 Å². The molecule has 0 bridgehead atoms. The minimum absolute atomic E-state index is 0.181. The third-order valence-electron chi connectivity index (χ3n) is 4.57. The maximum Gasteiger partial charge on any atom is 0.257 e. The van der Waals surface area contributed by atoms with Gasteiger partial charge in [0.05, 0.1) is 19.0 Å². The lowest BCUT2D eigenvalue weighted by Crippen LogP contribution is -2.22. The van der Waals surface area contributed by atoms with Crippen molar-refractivity contribution in [2.24, 2.45) is 0 Å². The number of furan rings is 1. The molecule has 0 aliphatic heterocycles. The zero-order valence-corrected chi connectivity index (χ0v) is 13.5. The predicted molar refractivity (Wildman–Crippen MR) is 88.7 cm³/mol. The van der Waals surface area contributed by atoms with Gasteiger partial charge in [-0.05, 0) is 43.4 Å². The number of carbonyl (C=O) groups is 1. The highest BCUT2D eigenvalue weighted by molar-refractivity contribution is 5.99. The first-order valence-electron chi connectivity index (χ1n) is 8.48. The molecule has 6 heteroatoms. The van der Waals surface area contributed by atoms with Gasteiger partial charge in [0, 0.05) is 11.9 Å². The third kappa shape index (κ3) is 2.79. The molecule has 0 fully saturated rings. The van der Waals surface area contributed by atoms with Crippen LogP contribution in [0.25, 0.3) is 5.65 Å². The number of aryl methyl sites for hydroxylation is 2. The largest absolute Gasteiger partial charge is 0.467 e. The van der Waals surface area contributed by atoms with Crippen LogP contribution in [0.2, 0.25) is 0 Å². The maximum atomic E-state index is 12.5. The van der Waals surface area contributed by atoms with Crippen molar-refractivity contribution >= 4 is 11.6 Å². The smallest absolute Gasteiger partial charge is 0.257 e. The van der Waals surface area contributed by atoms with Crippen LogP contribution in [0.4, 0.5) is 0 Å². The highest BCUT2D eigenvalue weighted by atomic mass is 16.3. The number of fused-ring (bicyclic) bond motifs is 3. The number of aromatic nitrogens is 3. The molecule has 124 valence electrons. The first-order valence-corrected chi connectivity index (χ1v) is 8.48. The molecule has 3 aromatic rings. The summed E-state index contributed by atoms with van der Waals surface area (Å²) in [6.07, 6.45) is 12.0. The second kappa shape index (κ2) is 6.47. The number of rotatable bonds is 3. The van der Waals surface area contributed by atoms with Gasteiger partial charge in [0.15, 0.2) is 5.65 Å². The minimum atomic E-state index is -0.181. The third-order valence-corrected chi connectivity index (χ3v) is 4.57. The minimum Gasteiger partial charge on any atom is -0.467 e. The maximum absolute atomic E-state index is 12.5.